The molecule has 2 aromatic carbocycles. The molecule has 0 fully saturated rings. The number of benzene rings is 2. The van der Waals surface area contributed by atoms with E-state index in [0.717, 1.165) is 0 Å². The minimum Gasteiger partial charge on any atom is -0.502 e. The van der Waals surface area contributed by atoms with Crippen molar-refractivity contribution in [1.82, 2.24) is 9.78 Å². The first-order valence-corrected chi connectivity index (χ1v) is 7.72. The Hall–Kier alpha value is -3.48. The SMILES string of the molecule is CCOC(=O)c1nn(-c2ccccc2)c(N=Nc2ccccc2)c1O. The van der Waals surface area contributed by atoms with Crippen molar-refractivity contribution in [3.05, 3.63) is 66.4 Å². The van der Waals surface area contributed by atoms with E-state index in [4.69, 9.17) is 4.74 Å². The predicted octanol–water partition coefficient (Wildman–Crippen LogP) is 4.17. The highest BCUT2D eigenvalue weighted by Crippen LogP contribution is 2.34. The molecular weight excluding hydrogens is 320 g/mol. The molecule has 0 atom stereocenters. The molecule has 0 aliphatic carbocycles. The highest BCUT2D eigenvalue weighted by atomic mass is 16.5. The van der Waals surface area contributed by atoms with Gasteiger partial charge < -0.3 is 9.84 Å². The van der Waals surface area contributed by atoms with Crippen LogP contribution in [0.2, 0.25) is 0 Å². The van der Waals surface area contributed by atoms with E-state index < -0.39 is 5.97 Å². The number of carbonyl (C=O) groups is 1. The van der Waals surface area contributed by atoms with Crippen LogP contribution >= 0.6 is 0 Å². The van der Waals surface area contributed by atoms with Crippen LogP contribution in [0.1, 0.15) is 17.4 Å². The summed E-state index contributed by atoms with van der Waals surface area (Å²) in [5, 5.41) is 22.7. The largest absolute Gasteiger partial charge is 0.502 e. The third kappa shape index (κ3) is 3.55. The van der Waals surface area contributed by atoms with E-state index in [1.165, 1.54) is 4.68 Å². The Kier molecular flexibility index (Phi) is 4.84. The lowest BCUT2D eigenvalue weighted by Gasteiger charge is -2.02. The summed E-state index contributed by atoms with van der Waals surface area (Å²) in [6.45, 7) is 1.86. The van der Waals surface area contributed by atoms with Gasteiger partial charge >= 0.3 is 5.97 Å². The van der Waals surface area contributed by atoms with Crippen LogP contribution < -0.4 is 0 Å². The third-order valence-corrected chi connectivity index (χ3v) is 3.32. The first-order valence-electron chi connectivity index (χ1n) is 7.72. The fourth-order valence-electron chi connectivity index (χ4n) is 2.18. The van der Waals surface area contributed by atoms with Gasteiger partial charge in [-0.25, -0.2) is 9.48 Å². The first kappa shape index (κ1) is 16.4. The molecule has 0 saturated heterocycles. The van der Waals surface area contributed by atoms with E-state index in [9.17, 15) is 9.90 Å². The van der Waals surface area contributed by atoms with Gasteiger partial charge in [0.05, 0.1) is 18.0 Å². The summed E-state index contributed by atoms with van der Waals surface area (Å²) >= 11 is 0. The summed E-state index contributed by atoms with van der Waals surface area (Å²) < 4.78 is 6.28. The Labute approximate surface area is 144 Å². The van der Waals surface area contributed by atoms with Crippen LogP contribution in [0.25, 0.3) is 5.69 Å². The molecule has 25 heavy (non-hydrogen) atoms. The van der Waals surface area contributed by atoms with Crippen molar-refractivity contribution >= 4 is 17.5 Å². The second-order valence-electron chi connectivity index (χ2n) is 5.02. The number of azo groups is 1. The summed E-state index contributed by atoms with van der Waals surface area (Å²) in [6, 6.07) is 18.1. The molecule has 7 nitrogen and oxygen atoms in total. The molecule has 7 heteroatoms. The minimum absolute atomic E-state index is 0.0538. The van der Waals surface area contributed by atoms with Crippen molar-refractivity contribution < 1.29 is 14.6 Å². The lowest BCUT2D eigenvalue weighted by molar-refractivity contribution is 0.0515. The average Bonchev–Trinajstić information content (AvgIpc) is 2.98. The molecule has 0 radical (unpaired) electrons. The average molecular weight is 336 g/mol. The Balaban J connectivity index is 2.08. The number of rotatable bonds is 5. The zero-order chi connectivity index (χ0) is 17.6. The van der Waals surface area contributed by atoms with Gasteiger partial charge in [-0.05, 0) is 31.2 Å². The predicted molar refractivity (Wildman–Crippen MR) is 91.8 cm³/mol. The van der Waals surface area contributed by atoms with Gasteiger partial charge in [0, 0.05) is 0 Å². The fraction of sp³-hybridized carbons (Fsp3) is 0.111. The molecule has 3 aromatic rings. The van der Waals surface area contributed by atoms with Gasteiger partial charge in [0.2, 0.25) is 11.5 Å². The van der Waals surface area contributed by atoms with Gasteiger partial charge in [0.15, 0.2) is 5.75 Å². The van der Waals surface area contributed by atoms with Crippen LogP contribution in [0.4, 0.5) is 11.5 Å². The van der Waals surface area contributed by atoms with Crippen LogP contribution in [-0.4, -0.2) is 27.5 Å². The molecule has 0 spiro atoms. The molecule has 126 valence electrons. The Morgan fingerprint density at radius 1 is 1.08 bits per heavy atom. The van der Waals surface area contributed by atoms with E-state index in [2.05, 4.69) is 15.3 Å². The number of hydrogen-bond acceptors (Lipinski definition) is 6. The number of para-hydroxylation sites is 1. The van der Waals surface area contributed by atoms with Crippen LogP contribution in [-0.2, 0) is 4.74 Å². The summed E-state index contributed by atoms with van der Waals surface area (Å²) in [5.41, 5.74) is 1.04. The zero-order valence-corrected chi connectivity index (χ0v) is 13.5. The van der Waals surface area contributed by atoms with Gasteiger partial charge in [0.25, 0.3) is 0 Å². The van der Waals surface area contributed by atoms with E-state index in [0.29, 0.717) is 11.4 Å². The van der Waals surface area contributed by atoms with Crippen molar-refractivity contribution in [3.63, 3.8) is 0 Å². The standard InChI is InChI=1S/C18H16N4O3/c1-2-25-18(24)15-16(23)17(20-19-13-9-5-3-6-10-13)22(21-15)14-11-7-4-8-12-14/h3-12,23H,2H2,1H3. The number of nitrogens with zero attached hydrogens (tertiary/aromatic N) is 4. The van der Waals surface area contributed by atoms with E-state index in [1.807, 2.05) is 36.4 Å². The Morgan fingerprint density at radius 3 is 2.36 bits per heavy atom. The maximum Gasteiger partial charge on any atom is 0.362 e. The first-order chi connectivity index (χ1) is 12.2. The summed E-state index contributed by atoms with van der Waals surface area (Å²) in [5.74, 6) is -1.04. The fourth-order valence-corrected chi connectivity index (χ4v) is 2.18. The van der Waals surface area contributed by atoms with Crippen molar-refractivity contribution in [2.75, 3.05) is 6.61 Å². The maximum atomic E-state index is 12.0. The molecule has 1 N–H and O–H groups in total. The quantitative estimate of drug-likeness (QED) is 0.559. The molecule has 1 heterocycles. The monoisotopic (exact) mass is 336 g/mol. The maximum absolute atomic E-state index is 12.0. The molecule has 0 unspecified atom stereocenters. The van der Waals surface area contributed by atoms with Crippen LogP contribution in [0, 0.1) is 0 Å². The molecule has 0 bridgehead atoms. The van der Waals surface area contributed by atoms with Crippen LogP contribution in [0.3, 0.4) is 0 Å². The number of esters is 1. The number of aromatic nitrogens is 2. The molecule has 1 aromatic heterocycles. The number of hydrogen-bond donors (Lipinski definition) is 1. The van der Waals surface area contributed by atoms with Gasteiger partial charge in [-0.3, -0.25) is 0 Å². The van der Waals surface area contributed by atoms with E-state index in [1.54, 1.807) is 31.2 Å². The number of ether oxygens (including phenoxy) is 1. The van der Waals surface area contributed by atoms with Crippen LogP contribution in [0.15, 0.2) is 70.9 Å². The van der Waals surface area contributed by atoms with Crippen molar-refractivity contribution in [3.8, 4) is 11.4 Å². The Morgan fingerprint density at radius 2 is 1.72 bits per heavy atom. The number of aromatic hydroxyl groups is 1. The van der Waals surface area contributed by atoms with Crippen LogP contribution in [0.5, 0.6) is 5.75 Å². The minimum atomic E-state index is -0.717. The smallest absolute Gasteiger partial charge is 0.362 e. The number of carbonyl (C=O) groups excluding carboxylic acids is 1. The Bertz CT molecular complexity index is 889. The highest BCUT2D eigenvalue weighted by Gasteiger charge is 2.24. The van der Waals surface area contributed by atoms with E-state index in [-0.39, 0.29) is 23.9 Å². The summed E-state index contributed by atoms with van der Waals surface area (Å²) in [7, 11) is 0. The molecular formula is C18H16N4O3. The molecule has 0 aliphatic rings. The summed E-state index contributed by atoms with van der Waals surface area (Å²) in [4.78, 5) is 12.0. The zero-order valence-electron chi connectivity index (χ0n) is 13.5. The van der Waals surface area contributed by atoms with Gasteiger partial charge in [-0.2, -0.15) is 5.10 Å². The van der Waals surface area contributed by atoms with Gasteiger partial charge in [-0.1, -0.05) is 36.4 Å². The molecule has 3 rings (SSSR count). The van der Waals surface area contributed by atoms with Crippen molar-refractivity contribution in [2.45, 2.75) is 6.92 Å². The topological polar surface area (TPSA) is 89.1 Å². The lowest BCUT2D eigenvalue weighted by Crippen LogP contribution is -2.06. The van der Waals surface area contributed by atoms with Gasteiger partial charge in [-0.15, -0.1) is 10.2 Å². The van der Waals surface area contributed by atoms with Crippen molar-refractivity contribution in [1.29, 1.82) is 0 Å². The van der Waals surface area contributed by atoms with E-state index >= 15 is 0 Å². The third-order valence-electron chi connectivity index (χ3n) is 3.32. The second-order valence-corrected chi connectivity index (χ2v) is 5.02. The second kappa shape index (κ2) is 7.39. The molecule has 0 amide bonds. The van der Waals surface area contributed by atoms with Gasteiger partial charge in [0.1, 0.15) is 0 Å². The highest BCUT2D eigenvalue weighted by molar-refractivity contribution is 5.92. The van der Waals surface area contributed by atoms with Crippen molar-refractivity contribution in [2.24, 2.45) is 10.2 Å². The normalized spacial score (nSPS) is 10.9. The molecule has 0 saturated carbocycles. The lowest BCUT2D eigenvalue weighted by atomic mass is 10.3. The summed E-state index contributed by atoms with van der Waals surface area (Å²) in [6.07, 6.45) is 0. The molecule has 0 aliphatic heterocycles.